The summed E-state index contributed by atoms with van der Waals surface area (Å²) >= 11 is 0. The Labute approximate surface area is 233 Å². The van der Waals surface area contributed by atoms with Crippen LogP contribution < -0.4 is 19.1 Å². The number of carbonyl (C=O) groups is 2. The molecule has 0 aliphatic carbocycles. The van der Waals surface area contributed by atoms with Gasteiger partial charge in [0.05, 0.1) is 25.7 Å². The van der Waals surface area contributed by atoms with Gasteiger partial charge in [-0.15, -0.1) is 0 Å². The summed E-state index contributed by atoms with van der Waals surface area (Å²) in [5, 5.41) is 3.00. The molecular weight excluding hydrogens is 518 g/mol. The van der Waals surface area contributed by atoms with Gasteiger partial charge in [-0.25, -0.2) is 8.42 Å². The van der Waals surface area contributed by atoms with Gasteiger partial charge in [0, 0.05) is 25.6 Å². The van der Waals surface area contributed by atoms with E-state index in [9.17, 15) is 18.0 Å². The van der Waals surface area contributed by atoms with Gasteiger partial charge in [0.1, 0.15) is 17.5 Å². The highest BCUT2D eigenvalue weighted by Gasteiger charge is 2.29. The first kappa shape index (κ1) is 31.9. The van der Waals surface area contributed by atoms with E-state index >= 15 is 0 Å². The Kier molecular flexibility index (Phi) is 12.6. The van der Waals surface area contributed by atoms with E-state index < -0.39 is 16.1 Å². The number of carbonyl (C=O) groups excluding carboxylic acids is 2. The highest BCUT2D eigenvalue weighted by Crippen LogP contribution is 2.23. The molecule has 216 valence electrons. The second-order valence-corrected chi connectivity index (χ2v) is 11.4. The zero-order valence-electron chi connectivity index (χ0n) is 24.0. The fourth-order valence-electron chi connectivity index (χ4n) is 4.17. The fourth-order valence-corrected chi connectivity index (χ4v) is 5.13. The Morgan fingerprint density at radius 3 is 2.08 bits per heavy atom. The largest absolute Gasteiger partial charge is 0.497 e. The lowest BCUT2D eigenvalue weighted by Gasteiger charge is -2.32. The first-order valence-corrected chi connectivity index (χ1v) is 15.3. The van der Waals surface area contributed by atoms with Gasteiger partial charge in [-0.3, -0.25) is 13.9 Å². The van der Waals surface area contributed by atoms with Gasteiger partial charge in [-0.2, -0.15) is 0 Å². The summed E-state index contributed by atoms with van der Waals surface area (Å²) < 4.78 is 37.1. The Balaban J connectivity index is 2.21. The fraction of sp³-hybridized carbons (Fsp3) is 0.517. The number of anilines is 1. The van der Waals surface area contributed by atoms with Crippen molar-refractivity contribution in [2.45, 2.75) is 72.0 Å². The van der Waals surface area contributed by atoms with Gasteiger partial charge in [-0.05, 0) is 75.1 Å². The molecule has 1 N–H and O–H groups in total. The molecule has 0 aliphatic rings. The Hall–Kier alpha value is -3.27. The highest BCUT2D eigenvalue weighted by molar-refractivity contribution is 7.92. The van der Waals surface area contributed by atoms with E-state index in [2.05, 4.69) is 5.32 Å². The van der Waals surface area contributed by atoms with Crippen LogP contribution in [0.1, 0.15) is 58.9 Å². The molecule has 0 fully saturated rings. The summed E-state index contributed by atoms with van der Waals surface area (Å²) in [6.45, 7) is 8.58. The SMILES string of the molecule is CCOc1ccc(N(CCCC(=O)N(Cc2ccc(OC)cc2)[C@H](CC)C(=O)N[C@H](C)CC)S(C)(=O)=O)cc1. The molecule has 39 heavy (non-hydrogen) atoms. The van der Waals surface area contributed by atoms with Crippen molar-refractivity contribution in [3.8, 4) is 11.5 Å². The summed E-state index contributed by atoms with van der Waals surface area (Å²) in [5.74, 6) is 0.951. The molecule has 0 unspecified atom stereocenters. The van der Waals surface area contributed by atoms with E-state index in [0.29, 0.717) is 36.6 Å². The lowest BCUT2D eigenvalue weighted by Crippen LogP contribution is -2.50. The molecule has 2 aromatic rings. The number of sulfonamides is 1. The van der Waals surface area contributed by atoms with Gasteiger partial charge in [0.25, 0.3) is 0 Å². The number of hydrogen-bond acceptors (Lipinski definition) is 6. The van der Waals surface area contributed by atoms with Crippen molar-refractivity contribution in [2.75, 3.05) is 30.8 Å². The van der Waals surface area contributed by atoms with E-state index in [1.807, 2.05) is 52.0 Å². The summed E-state index contributed by atoms with van der Waals surface area (Å²) in [6, 6.07) is 13.5. The van der Waals surface area contributed by atoms with Gasteiger partial charge < -0.3 is 19.7 Å². The van der Waals surface area contributed by atoms with Crippen LogP contribution in [0, 0.1) is 0 Å². The maximum Gasteiger partial charge on any atom is 0.243 e. The molecule has 0 bridgehead atoms. The van der Waals surface area contributed by atoms with Crippen LogP contribution in [0.2, 0.25) is 0 Å². The number of rotatable bonds is 16. The van der Waals surface area contributed by atoms with E-state index in [4.69, 9.17) is 9.47 Å². The van der Waals surface area contributed by atoms with Crippen molar-refractivity contribution >= 4 is 27.5 Å². The molecule has 9 nitrogen and oxygen atoms in total. The van der Waals surface area contributed by atoms with Crippen LogP contribution in [0.15, 0.2) is 48.5 Å². The van der Waals surface area contributed by atoms with Crippen LogP contribution >= 0.6 is 0 Å². The molecule has 0 saturated heterocycles. The summed E-state index contributed by atoms with van der Waals surface area (Å²) in [5.41, 5.74) is 1.37. The summed E-state index contributed by atoms with van der Waals surface area (Å²) in [4.78, 5) is 28.3. The molecule has 2 aromatic carbocycles. The molecule has 0 heterocycles. The number of amides is 2. The van der Waals surface area contributed by atoms with E-state index in [0.717, 1.165) is 18.2 Å². The van der Waals surface area contributed by atoms with E-state index in [1.54, 1.807) is 36.3 Å². The maximum atomic E-state index is 13.6. The normalized spacial score (nSPS) is 12.8. The van der Waals surface area contributed by atoms with Gasteiger partial charge >= 0.3 is 0 Å². The van der Waals surface area contributed by atoms with Crippen LogP contribution in [0.3, 0.4) is 0 Å². The zero-order valence-corrected chi connectivity index (χ0v) is 24.8. The van der Waals surface area contributed by atoms with Crippen LogP contribution in [-0.2, 0) is 26.2 Å². The molecule has 2 rings (SSSR count). The van der Waals surface area contributed by atoms with Crippen molar-refractivity contribution in [1.82, 2.24) is 10.2 Å². The van der Waals surface area contributed by atoms with Crippen LogP contribution in [-0.4, -0.2) is 63.7 Å². The predicted octanol–water partition coefficient (Wildman–Crippen LogP) is 4.36. The van der Waals surface area contributed by atoms with Gasteiger partial charge in [-0.1, -0.05) is 26.0 Å². The standard InChI is InChI=1S/C29H43N3O6S/c1-7-22(4)30-29(34)27(8-2)31(21-23-12-16-25(37-5)17-13-23)28(33)11-10-20-32(39(6,35)36)24-14-18-26(19-15-24)38-9-3/h12-19,22,27H,7-11,20-21H2,1-6H3,(H,30,34)/t22-,27-/m1/s1. The third-order valence-electron chi connectivity index (χ3n) is 6.49. The van der Waals surface area contributed by atoms with E-state index in [1.165, 1.54) is 4.31 Å². The third kappa shape index (κ3) is 9.76. The minimum Gasteiger partial charge on any atom is -0.497 e. The van der Waals surface area contributed by atoms with E-state index in [-0.39, 0.29) is 37.4 Å². The summed E-state index contributed by atoms with van der Waals surface area (Å²) in [6.07, 6.45) is 2.76. The first-order valence-electron chi connectivity index (χ1n) is 13.5. The van der Waals surface area contributed by atoms with Crippen molar-refractivity contribution in [2.24, 2.45) is 0 Å². The van der Waals surface area contributed by atoms with Crippen molar-refractivity contribution < 1.29 is 27.5 Å². The maximum absolute atomic E-state index is 13.6. The quantitative estimate of drug-likeness (QED) is 0.327. The lowest BCUT2D eigenvalue weighted by molar-refractivity contribution is -0.141. The number of benzene rings is 2. The number of ether oxygens (including phenoxy) is 2. The van der Waals surface area contributed by atoms with Crippen LogP contribution in [0.4, 0.5) is 5.69 Å². The highest BCUT2D eigenvalue weighted by atomic mass is 32.2. The second kappa shape index (κ2) is 15.4. The third-order valence-corrected chi connectivity index (χ3v) is 7.68. The average molecular weight is 562 g/mol. The smallest absolute Gasteiger partial charge is 0.243 e. The molecule has 0 aromatic heterocycles. The first-order chi connectivity index (χ1) is 18.5. The van der Waals surface area contributed by atoms with Crippen molar-refractivity contribution in [1.29, 1.82) is 0 Å². The van der Waals surface area contributed by atoms with Gasteiger partial charge in [0.15, 0.2) is 0 Å². The van der Waals surface area contributed by atoms with Crippen molar-refractivity contribution in [3.05, 3.63) is 54.1 Å². The van der Waals surface area contributed by atoms with Gasteiger partial charge in [0.2, 0.25) is 21.8 Å². The minimum absolute atomic E-state index is 0.0121. The molecule has 10 heteroatoms. The Morgan fingerprint density at radius 2 is 1.56 bits per heavy atom. The molecule has 2 atom stereocenters. The number of nitrogens with zero attached hydrogens (tertiary/aromatic N) is 2. The molecule has 0 aliphatic heterocycles. The Morgan fingerprint density at radius 1 is 0.949 bits per heavy atom. The zero-order chi connectivity index (χ0) is 29.0. The summed E-state index contributed by atoms with van der Waals surface area (Å²) in [7, 11) is -1.99. The predicted molar refractivity (Wildman–Crippen MR) is 155 cm³/mol. The molecule has 0 saturated carbocycles. The minimum atomic E-state index is -3.58. The molecule has 2 amide bonds. The van der Waals surface area contributed by atoms with Crippen molar-refractivity contribution in [3.63, 3.8) is 0 Å². The number of hydrogen-bond donors (Lipinski definition) is 1. The topological polar surface area (TPSA) is 105 Å². The number of methoxy groups -OCH3 is 1. The Bertz CT molecular complexity index is 1150. The van der Waals surface area contributed by atoms with Crippen LogP contribution in [0.25, 0.3) is 0 Å². The molecule has 0 radical (unpaired) electrons. The molecule has 0 spiro atoms. The number of nitrogens with one attached hydrogen (secondary N) is 1. The monoisotopic (exact) mass is 561 g/mol. The molecular formula is C29H43N3O6S. The average Bonchev–Trinajstić information content (AvgIpc) is 2.91. The lowest BCUT2D eigenvalue weighted by atomic mass is 10.1. The van der Waals surface area contributed by atoms with Crippen LogP contribution in [0.5, 0.6) is 11.5 Å². The second-order valence-electron chi connectivity index (χ2n) is 9.48.